The molecule has 0 radical (unpaired) electrons. The van der Waals surface area contributed by atoms with Gasteiger partial charge < -0.3 is 15.4 Å². The molecule has 5 heteroatoms. The monoisotopic (exact) mass is 238 g/mol. The van der Waals surface area contributed by atoms with Gasteiger partial charge in [-0.3, -0.25) is 0 Å². The second-order valence-corrected chi connectivity index (χ2v) is 4.11. The van der Waals surface area contributed by atoms with Gasteiger partial charge >= 0.3 is 0 Å². The number of hydrogen-bond acceptors (Lipinski definition) is 5. The molecule has 0 spiro atoms. The topological polar surface area (TPSA) is 59.1 Å². The van der Waals surface area contributed by atoms with E-state index in [0.717, 1.165) is 31.7 Å². The van der Waals surface area contributed by atoms with Crippen LogP contribution in [-0.4, -0.2) is 36.3 Å². The maximum absolute atomic E-state index is 5.45. The maximum Gasteiger partial charge on any atom is 0.222 e. The van der Waals surface area contributed by atoms with Crippen LogP contribution in [0.4, 0.5) is 5.95 Å². The van der Waals surface area contributed by atoms with Crippen molar-refractivity contribution >= 4 is 5.95 Å². The summed E-state index contributed by atoms with van der Waals surface area (Å²) >= 11 is 0. The molecule has 0 fully saturated rings. The summed E-state index contributed by atoms with van der Waals surface area (Å²) < 4.78 is 5.45. The van der Waals surface area contributed by atoms with Gasteiger partial charge in [0.15, 0.2) is 0 Å². The summed E-state index contributed by atoms with van der Waals surface area (Å²) in [6.07, 6.45) is 5.00. The Labute approximate surface area is 103 Å². The summed E-state index contributed by atoms with van der Waals surface area (Å²) in [6, 6.07) is 0. The van der Waals surface area contributed by atoms with Crippen LogP contribution in [0, 0.1) is 0 Å². The van der Waals surface area contributed by atoms with Crippen LogP contribution in [0.15, 0.2) is 12.4 Å². The van der Waals surface area contributed by atoms with Crippen LogP contribution in [0.3, 0.4) is 0 Å². The molecule has 2 N–H and O–H groups in total. The molecule has 1 aromatic rings. The van der Waals surface area contributed by atoms with Crippen molar-refractivity contribution in [1.82, 2.24) is 15.3 Å². The van der Waals surface area contributed by atoms with Crippen LogP contribution >= 0.6 is 0 Å². The van der Waals surface area contributed by atoms with Gasteiger partial charge in [0.05, 0.1) is 6.10 Å². The third-order valence-corrected chi connectivity index (χ3v) is 2.21. The number of nitrogens with one attached hydrogen (secondary N) is 2. The van der Waals surface area contributed by atoms with Crippen molar-refractivity contribution in [1.29, 1.82) is 0 Å². The molecule has 5 nitrogen and oxygen atoms in total. The first-order valence-electron chi connectivity index (χ1n) is 6.03. The Hall–Kier alpha value is -1.20. The van der Waals surface area contributed by atoms with E-state index in [9.17, 15) is 0 Å². The quantitative estimate of drug-likeness (QED) is 0.671. The van der Waals surface area contributed by atoms with E-state index in [0.29, 0.717) is 12.1 Å². The molecule has 0 aromatic carbocycles. The SMILES string of the molecule is CNc1ncc(CNCCCOC(C)C)cn1. The standard InChI is InChI=1S/C12H22N4O/c1-10(2)17-6-4-5-14-7-11-8-15-12(13-3)16-9-11/h8-10,14H,4-7H2,1-3H3,(H,13,15,16). The molecule has 0 atom stereocenters. The van der Waals surface area contributed by atoms with Gasteiger partial charge in [-0.2, -0.15) is 0 Å². The molecule has 0 unspecified atom stereocenters. The number of anilines is 1. The van der Waals surface area contributed by atoms with E-state index < -0.39 is 0 Å². The smallest absolute Gasteiger partial charge is 0.222 e. The largest absolute Gasteiger partial charge is 0.379 e. The first-order valence-corrected chi connectivity index (χ1v) is 6.03. The number of nitrogens with zero attached hydrogens (tertiary/aromatic N) is 2. The van der Waals surface area contributed by atoms with Gasteiger partial charge in [0.1, 0.15) is 0 Å². The predicted octanol–water partition coefficient (Wildman–Crippen LogP) is 1.42. The average molecular weight is 238 g/mol. The van der Waals surface area contributed by atoms with Crippen molar-refractivity contribution in [2.24, 2.45) is 0 Å². The first kappa shape index (κ1) is 13.9. The summed E-state index contributed by atoms with van der Waals surface area (Å²) in [4.78, 5) is 8.30. The Balaban J connectivity index is 2.09. The Morgan fingerprint density at radius 2 is 2.00 bits per heavy atom. The zero-order valence-corrected chi connectivity index (χ0v) is 10.9. The summed E-state index contributed by atoms with van der Waals surface area (Å²) in [5.41, 5.74) is 1.09. The molecule has 17 heavy (non-hydrogen) atoms. The predicted molar refractivity (Wildman–Crippen MR) is 69.0 cm³/mol. The van der Waals surface area contributed by atoms with Gasteiger partial charge in [-0.1, -0.05) is 0 Å². The molecule has 96 valence electrons. The molecule has 0 aliphatic heterocycles. The van der Waals surface area contributed by atoms with Crippen molar-refractivity contribution in [2.45, 2.75) is 32.9 Å². The number of aromatic nitrogens is 2. The van der Waals surface area contributed by atoms with Gasteiger partial charge in [0, 0.05) is 38.2 Å². The lowest BCUT2D eigenvalue weighted by molar-refractivity contribution is 0.0770. The molecule has 1 aromatic heterocycles. The van der Waals surface area contributed by atoms with Crippen molar-refractivity contribution in [3.8, 4) is 0 Å². The van der Waals surface area contributed by atoms with Crippen molar-refractivity contribution in [3.63, 3.8) is 0 Å². The number of rotatable bonds is 8. The third-order valence-electron chi connectivity index (χ3n) is 2.21. The van der Waals surface area contributed by atoms with E-state index in [-0.39, 0.29) is 0 Å². The zero-order chi connectivity index (χ0) is 12.5. The van der Waals surface area contributed by atoms with E-state index in [2.05, 4.69) is 20.6 Å². The summed E-state index contributed by atoms with van der Waals surface area (Å²) in [6.45, 7) is 6.65. The second kappa shape index (κ2) is 7.97. The molecular formula is C12H22N4O. The van der Waals surface area contributed by atoms with Crippen LogP contribution in [0.1, 0.15) is 25.8 Å². The molecule has 0 bridgehead atoms. The van der Waals surface area contributed by atoms with Crippen LogP contribution in [0.2, 0.25) is 0 Å². The first-order chi connectivity index (χ1) is 8.22. The van der Waals surface area contributed by atoms with E-state index in [1.54, 1.807) is 0 Å². The molecule has 0 aliphatic rings. The zero-order valence-electron chi connectivity index (χ0n) is 10.9. The van der Waals surface area contributed by atoms with E-state index >= 15 is 0 Å². The highest BCUT2D eigenvalue weighted by Gasteiger charge is 1.96. The molecule has 0 saturated carbocycles. The summed E-state index contributed by atoms with van der Waals surface area (Å²) in [7, 11) is 1.81. The maximum atomic E-state index is 5.45. The minimum atomic E-state index is 0.317. The van der Waals surface area contributed by atoms with Crippen molar-refractivity contribution in [2.75, 3.05) is 25.5 Å². The fraction of sp³-hybridized carbons (Fsp3) is 0.667. The molecule has 1 heterocycles. The van der Waals surface area contributed by atoms with Gasteiger partial charge in [-0.25, -0.2) is 9.97 Å². The van der Waals surface area contributed by atoms with Crippen LogP contribution in [0.25, 0.3) is 0 Å². The molecule has 0 amide bonds. The Morgan fingerprint density at radius 1 is 1.29 bits per heavy atom. The molecule has 1 rings (SSSR count). The highest BCUT2D eigenvalue weighted by molar-refractivity contribution is 5.22. The minimum Gasteiger partial charge on any atom is -0.379 e. The summed E-state index contributed by atoms with van der Waals surface area (Å²) in [5.74, 6) is 0.652. The van der Waals surface area contributed by atoms with Gasteiger partial charge in [-0.15, -0.1) is 0 Å². The molecule has 0 saturated heterocycles. The molecule has 0 aliphatic carbocycles. The normalized spacial score (nSPS) is 10.8. The van der Waals surface area contributed by atoms with Gasteiger partial charge in [0.2, 0.25) is 5.95 Å². The Kier molecular flexibility index (Phi) is 6.50. The van der Waals surface area contributed by atoms with Crippen LogP contribution < -0.4 is 10.6 Å². The van der Waals surface area contributed by atoms with E-state index in [1.165, 1.54) is 0 Å². The van der Waals surface area contributed by atoms with Crippen molar-refractivity contribution in [3.05, 3.63) is 18.0 Å². The van der Waals surface area contributed by atoms with E-state index in [1.807, 2.05) is 33.3 Å². The van der Waals surface area contributed by atoms with Crippen LogP contribution in [-0.2, 0) is 11.3 Å². The lowest BCUT2D eigenvalue weighted by atomic mass is 10.3. The lowest BCUT2D eigenvalue weighted by Crippen LogP contribution is -2.17. The summed E-state index contributed by atoms with van der Waals surface area (Å²) in [5, 5.41) is 6.22. The average Bonchev–Trinajstić information content (AvgIpc) is 2.34. The third kappa shape index (κ3) is 6.19. The Bertz CT molecular complexity index is 300. The molecular weight excluding hydrogens is 216 g/mol. The highest BCUT2D eigenvalue weighted by atomic mass is 16.5. The second-order valence-electron chi connectivity index (χ2n) is 4.11. The van der Waals surface area contributed by atoms with Crippen molar-refractivity contribution < 1.29 is 4.74 Å². The van der Waals surface area contributed by atoms with E-state index in [4.69, 9.17) is 4.74 Å². The van der Waals surface area contributed by atoms with Gasteiger partial charge in [-0.05, 0) is 26.8 Å². The van der Waals surface area contributed by atoms with Crippen LogP contribution in [0.5, 0.6) is 0 Å². The minimum absolute atomic E-state index is 0.317. The number of ether oxygens (including phenoxy) is 1. The van der Waals surface area contributed by atoms with Gasteiger partial charge in [0.25, 0.3) is 0 Å². The lowest BCUT2D eigenvalue weighted by Gasteiger charge is -2.08. The fourth-order valence-electron chi connectivity index (χ4n) is 1.32. The number of hydrogen-bond donors (Lipinski definition) is 2. The highest BCUT2D eigenvalue weighted by Crippen LogP contribution is 1.98. The fourth-order valence-corrected chi connectivity index (χ4v) is 1.32. The Morgan fingerprint density at radius 3 is 2.59 bits per heavy atom.